The van der Waals surface area contributed by atoms with Gasteiger partial charge in [-0.15, -0.1) is 0 Å². The van der Waals surface area contributed by atoms with Crippen LogP contribution in [0.3, 0.4) is 0 Å². The second kappa shape index (κ2) is 6.75. The van der Waals surface area contributed by atoms with E-state index in [0.29, 0.717) is 6.42 Å². The molecular formula is C17H19NO2. The molecule has 3 heteroatoms. The van der Waals surface area contributed by atoms with E-state index in [0.717, 1.165) is 11.4 Å². The molecule has 0 aliphatic carbocycles. The molecule has 0 saturated heterocycles. The van der Waals surface area contributed by atoms with Crippen molar-refractivity contribution in [2.75, 3.05) is 12.0 Å². The van der Waals surface area contributed by atoms with Crippen LogP contribution in [0.2, 0.25) is 0 Å². The number of esters is 1. The van der Waals surface area contributed by atoms with Crippen molar-refractivity contribution in [2.24, 2.45) is 0 Å². The molecule has 2 aromatic carbocycles. The zero-order valence-corrected chi connectivity index (χ0v) is 11.8. The van der Waals surface area contributed by atoms with Crippen LogP contribution in [0, 0.1) is 0 Å². The largest absolute Gasteiger partial charge is 0.469 e. The average molecular weight is 269 g/mol. The highest BCUT2D eigenvalue weighted by atomic mass is 16.5. The Morgan fingerprint density at radius 2 is 1.45 bits per heavy atom. The number of anilines is 2. The van der Waals surface area contributed by atoms with Crippen LogP contribution in [0.15, 0.2) is 60.7 Å². The van der Waals surface area contributed by atoms with Gasteiger partial charge in [0, 0.05) is 17.4 Å². The van der Waals surface area contributed by atoms with Crippen LogP contribution < -0.4 is 4.90 Å². The Labute approximate surface area is 119 Å². The Balaban J connectivity index is 2.32. The van der Waals surface area contributed by atoms with Crippen LogP contribution in [0.25, 0.3) is 0 Å². The van der Waals surface area contributed by atoms with Gasteiger partial charge < -0.3 is 9.64 Å². The summed E-state index contributed by atoms with van der Waals surface area (Å²) in [5.41, 5.74) is 2.13. The van der Waals surface area contributed by atoms with Crippen molar-refractivity contribution in [1.82, 2.24) is 0 Å². The lowest BCUT2D eigenvalue weighted by Crippen LogP contribution is -2.30. The number of carbonyl (C=O) groups is 1. The zero-order chi connectivity index (χ0) is 14.4. The number of hydrogen-bond acceptors (Lipinski definition) is 3. The summed E-state index contributed by atoms with van der Waals surface area (Å²) >= 11 is 0. The van der Waals surface area contributed by atoms with Gasteiger partial charge in [-0.05, 0) is 31.2 Å². The third-order valence-corrected chi connectivity index (χ3v) is 3.20. The molecule has 0 aliphatic rings. The molecule has 0 unspecified atom stereocenters. The second-order valence-corrected chi connectivity index (χ2v) is 4.67. The number of rotatable bonds is 5. The number of benzene rings is 2. The van der Waals surface area contributed by atoms with Gasteiger partial charge in [0.05, 0.1) is 13.5 Å². The SMILES string of the molecule is COC(=O)C[C@@H](C)N(c1ccccc1)c1ccccc1. The van der Waals surface area contributed by atoms with Gasteiger partial charge in [-0.3, -0.25) is 4.79 Å². The molecule has 0 spiro atoms. The summed E-state index contributed by atoms with van der Waals surface area (Å²) in [6, 6.07) is 20.1. The number of para-hydroxylation sites is 2. The molecule has 0 saturated carbocycles. The lowest BCUT2D eigenvalue weighted by Gasteiger charge is -2.31. The van der Waals surface area contributed by atoms with Crippen LogP contribution in [0.5, 0.6) is 0 Å². The molecule has 0 N–H and O–H groups in total. The molecule has 0 aromatic heterocycles. The van der Waals surface area contributed by atoms with Gasteiger partial charge in [0.2, 0.25) is 0 Å². The Morgan fingerprint density at radius 1 is 1.00 bits per heavy atom. The van der Waals surface area contributed by atoms with Crippen LogP contribution in [-0.4, -0.2) is 19.1 Å². The van der Waals surface area contributed by atoms with Crippen molar-refractivity contribution in [3.05, 3.63) is 60.7 Å². The van der Waals surface area contributed by atoms with Gasteiger partial charge in [0.15, 0.2) is 0 Å². The topological polar surface area (TPSA) is 29.5 Å². The summed E-state index contributed by atoms with van der Waals surface area (Å²) in [6.45, 7) is 2.02. The maximum Gasteiger partial charge on any atom is 0.307 e. The first-order valence-electron chi connectivity index (χ1n) is 6.68. The summed E-state index contributed by atoms with van der Waals surface area (Å²) in [5.74, 6) is -0.200. The molecule has 0 amide bonds. The fraction of sp³-hybridized carbons (Fsp3) is 0.235. The third-order valence-electron chi connectivity index (χ3n) is 3.20. The molecular weight excluding hydrogens is 250 g/mol. The monoisotopic (exact) mass is 269 g/mol. The number of carbonyl (C=O) groups excluding carboxylic acids is 1. The van der Waals surface area contributed by atoms with Crippen molar-refractivity contribution in [3.8, 4) is 0 Å². The number of methoxy groups -OCH3 is 1. The van der Waals surface area contributed by atoms with Crippen molar-refractivity contribution in [3.63, 3.8) is 0 Å². The predicted octanol–water partition coefficient (Wildman–Crippen LogP) is 3.78. The lowest BCUT2D eigenvalue weighted by atomic mass is 10.1. The van der Waals surface area contributed by atoms with Crippen molar-refractivity contribution >= 4 is 17.3 Å². The fourth-order valence-electron chi connectivity index (χ4n) is 2.25. The normalized spacial score (nSPS) is 11.7. The summed E-state index contributed by atoms with van der Waals surface area (Å²) in [7, 11) is 1.42. The van der Waals surface area contributed by atoms with E-state index < -0.39 is 0 Å². The van der Waals surface area contributed by atoms with E-state index in [-0.39, 0.29) is 12.0 Å². The third kappa shape index (κ3) is 3.38. The van der Waals surface area contributed by atoms with Crippen LogP contribution >= 0.6 is 0 Å². The van der Waals surface area contributed by atoms with Gasteiger partial charge in [-0.2, -0.15) is 0 Å². The summed E-state index contributed by atoms with van der Waals surface area (Å²) in [6.07, 6.45) is 0.348. The Morgan fingerprint density at radius 3 is 1.85 bits per heavy atom. The number of ether oxygens (including phenoxy) is 1. The number of nitrogens with zero attached hydrogens (tertiary/aromatic N) is 1. The molecule has 0 radical (unpaired) electrons. The summed E-state index contributed by atoms with van der Waals surface area (Å²) < 4.78 is 4.78. The molecule has 2 rings (SSSR count). The fourth-order valence-corrected chi connectivity index (χ4v) is 2.25. The second-order valence-electron chi connectivity index (χ2n) is 4.67. The molecule has 104 valence electrons. The first kappa shape index (κ1) is 14.1. The Bertz CT molecular complexity index is 500. The van der Waals surface area contributed by atoms with E-state index in [1.807, 2.05) is 67.6 Å². The first-order valence-corrected chi connectivity index (χ1v) is 6.68. The minimum atomic E-state index is -0.200. The molecule has 3 nitrogen and oxygen atoms in total. The average Bonchev–Trinajstić information content (AvgIpc) is 2.49. The smallest absolute Gasteiger partial charge is 0.307 e. The summed E-state index contributed by atoms with van der Waals surface area (Å²) in [5, 5.41) is 0. The van der Waals surface area contributed by atoms with Gasteiger partial charge >= 0.3 is 5.97 Å². The van der Waals surface area contributed by atoms with Crippen molar-refractivity contribution < 1.29 is 9.53 Å². The van der Waals surface area contributed by atoms with Gasteiger partial charge in [0.1, 0.15) is 0 Å². The highest BCUT2D eigenvalue weighted by Crippen LogP contribution is 2.28. The summed E-state index contributed by atoms with van der Waals surface area (Å²) in [4.78, 5) is 13.7. The highest BCUT2D eigenvalue weighted by Gasteiger charge is 2.19. The van der Waals surface area contributed by atoms with Gasteiger partial charge in [-0.1, -0.05) is 36.4 Å². The quantitative estimate of drug-likeness (QED) is 0.774. The maximum atomic E-state index is 11.5. The maximum absolute atomic E-state index is 11.5. The van der Waals surface area contributed by atoms with E-state index >= 15 is 0 Å². The van der Waals surface area contributed by atoms with E-state index in [1.165, 1.54) is 7.11 Å². The molecule has 0 bridgehead atoms. The minimum absolute atomic E-state index is 0.0206. The molecule has 1 atom stereocenters. The number of hydrogen-bond donors (Lipinski definition) is 0. The standard InChI is InChI=1S/C17H19NO2/c1-14(13-17(19)20-2)18(15-9-5-3-6-10-15)16-11-7-4-8-12-16/h3-12,14H,13H2,1-2H3/t14-/m1/s1. The van der Waals surface area contributed by atoms with E-state index in [2.05, 4.69) is 4.90 Å². The molecule has 2 aromatic rings. The Hall–Kier alpha value is -2.29. The molecule has 0 fully saturated rings. The van der Waals surface area contributed by atoms with E-state index in [4.69, 9.17) is 4.74 Å². The first-order chi connectivity index (χ1) is 9.72. The van der Waals surface area contributed by atoms with Crippen LogP contribution in [0.4, 0.5) is 11.4 Å². The lowest BCUT2D eigenvalue weighted by molar-refractivity contribution is -0.140. The Kier molecular flexibility index (Phi) is 4.77. The van der Waals surface area contributed by atoms with Crippen LogP contribution in [-0.2, 0) is 9.53 Å². The molecule has 20 heavy (non-hydrogen) atoms. The minimum Gasteiger partial charge on any atom is -0.469 e. The van der Waals surface area contributed by atoms with E-state index in [1.54, 1.807) is 0 Å². The zero-order valence-electron chi connectivity index (χ0n) is 11.8. The highest BCUT2D eigenvalue weighted by molar-refractivity contribution is 5.72. The molecule has 0 aliphatic heterocycles. The van der Waals surface area contributed by atoms with Crippen molar-refractivity contribution in [1.29, 1.82) is 0 Å². The van der Waals surface area contributed by atoms with Crippen LogP contribution in [0.1, 0.15) is 13.3 Å². The molecule has 0 heterocycles. The van der Waals surface area contributed by atoms with Gasteiger partial charge in [-0.25, -0.2) is 0 Å². The van der Waals surface area contributed by atoms with Crippen molar-refractivity contribution in [2.45, 2.75) is 19.4 Å². The van der Waals surface area contributed by atoms with Gasteiger partial charge in [0.25, 0.3) is 0 Å². The van der Waals surface area contributed by atoms with E-state index in [9.17, 15) is 4.79 Å². The predicted molar refractivity (Wildman–Crippen MR) is 81.1 cm³/mol.